The number of thiocarbonyl (C=S) groups is 1. The summed E-state index contributed by atoms with van der Waals surface area (Å²) >= 11 is 15.8. The maximum absolute atomic E-state index is 5.40. The lowest BCUT2D eigenvalue weighted by atomic mass is 9.99. The van der Waals surface area contributed by atoms with Crippen LogP contribution in [0.5, 0.6) is 5.75 Å². The van der Waals surface area contributed by atoms with Gasteiger partial charge in [-0.25, -0.2) is 0 Å². The van der Waals surface area contributed by atoms with Crippen LogP contribution >= 0.6 is 36.7 Å². The van der Waals surface area contributed by atoms with E-state index in [4.69, 9.17) is 41.4 Å². The minimum absolute atomic E-state index is 0.143. The van der Waals surface area contributed by atoms with Crippen LogP contribution in [0.4, 0.5) is 5.82 Å². The molecule has 0 fully saturated rings. The van der Waals surface area contributed by atoms with Crippen LogP contribution in [0, 0.1) is 9.41 Å². The van der Waals surface area contributed by atoms with Crippen molar-refractivity contribution in [2.45, 2.75) is 6.04 Å². The number of fused-ring (bicyclic) bond motifs is 1. The standard InChI is InChI=1S/C13H12N4OS3/c1-18-7-4-2-6(3-5-7)9-8-10(15-12(20)14-9)16-13(21)17-11(8)19/h2-5,9H,1H3,(H4,14,15,16,17,19,20,21). The van der Waals surface area contributed by atoms with Crippen molar-refractivity contribution in [3.63, 3.8) is 0 Å². The van der Waals surface area contributed by atoms with Gasteiger partial charge in [0, 0.05) is 0 Å². The molecule has 1 aliphatic rings. The maximum Gasteiger partial charge on any atom is 0.177 e. The highest BCUT2D eigenvalue weighted by atomic mass is 32.1. The van der Waals surface area contributed by atoms with E-state index in [-0.39, 0.29) is 6.04 Å². The molecule has 21 heavy (non-hydrogen) atoms. The zero-order valence-corrected chi connectivity index (χ0v) is 13.5. The van der Waals surface area contributed by atoms with E-state index < -0.39 is 0 Å². The predicted molar refractivity (Wildman–Crippen MR) is 91.0 cm³/mol. The Morgan fingerprint density at radius 3 is 2.43 bits per heavy atom. The van der Waals surface area contributed by atoms with Crippen LogP contribution in [0.2, 0.25) is 0 Å². The number of aromatic nitrogens is 2. The van der Waals surface area contributed by atoms with E-state index in [1.807, 2.05) is 24.3 Å². The van der Waals surface area contributed by atoms with Crippen LogP contribution in [-0.4, -0.2) is 22.2 Å². The molecule has 5 nitrogen and oxygen atoms in total. The first-order valence-corrected chi connectivity index (χ1v) is 7.39. The lowest BCUT2D eigenvalue weighted by Crippen LogP contribution is -2.39. The molecule has 108 valence electrons. The molecule has 0 spiro atoms. The Bertz CT molecular complexity index is 809. The molecule has 0 aliphatic carbocycles. The fourth-order valence-electron chi connectivity index (χ4n) is 2.27. The molecule has 3 rings (SSSR count). The van der Waals surface area contributed by atoms with Gasteiger partial charge < -0.3 is 25.3 Å². The Labute approximate surface area is 136 Å². The Morgan fingerprint density at radius 1 is 1.05 bits per heavy atom. The second kappa shape index (κ2) is 5.55. The average molecular weight is 336 g/mol. The zero-order chi connectivity index (χ0) is 15.0. The summed E-state index contributed by atoms with van der Waals surface area (Å²) in [6.07, 6.45) is 0. The number of hydrogen-bond acceptors (Lipinski definition) is 4. The van der Waals surface area contributed by atoms with Crippen LogP contribution in [0.3, 0.4) is 0 Å². The van der Waals surface area contributed by atoms with E-state index in [1.54, 1.807) is 7.11 Å². The predicted octanol–water partition coefficient (Wildman–Crippen LogP) is 3.20. The van der Waals surface area contributed by atoms with Gasteiger partial charge in [0.2, 0.25) is 0 Å². The van der Waals surface area contributed by atoms with Gasteiger partial charge in [-0.15, -0.1) is 0 Å². The first-order valence-electron chi connectivity index (χ1n) is 6.16. The van der Waals surface area contributed by atoms with E-state index in [0.29, 0.717) is 14.5 Å². The molecular weight excluding hydrogens is 324 g/mol. The number of nitrogens with one attached hydrogen (secondary N) is 4. The van der Waals surface area contributed by atoms with Gasteiger partial charge in [0.05, 0.1) is 18.7 Å². The van der Waals surface area contributed by atoms with Crippen LogP contribution in [0.25, 0.3) is 0 Å². The van der Waals surface area contributed by atoms with E-state index in [0.717, 1.165) is 22.7 Å². The molecule has 0 amide bonds. The van der Waals surface area contributed by atoms with E-state index in [1.165, 1.54) is 0 Å². The van der Waals surface area contributed by atoms with Crippen molar-refractivity contribution in [1.82, 2.24) is 15.3 Å². The normalized spacial score (nSPS) is 16.6. The topological polar surface area (TPSA) is 64.9 Å². The highest BCUT2D eigenvalue weighted by molar-refractivity contribution is 7.80. The lowest BCUT2D eigenvalue weighted by molar-refractivity contribution is 0.414. The van der Waals surface area contributed by atoms with E-state index in [9.17, 15) is 0 Å². The summed E-state index contributed by atoms with van der Waals surface area (Å²) in [6.45, 7) is 0. The van der Waals surface area contributed by atoms with Gasteiger partial charge in [-0.3, -0.25) is 0 Å². The molecule has 1 aromatic carbocycles. The summed E-state index contributed by atoms with van der Waals surface area (Å²) in [5.74, 6) is 1.53. The highest BCUT2D eigenvalue weighted by Crippen LogP contribution is 2.31. The Kier molecular flexibility index (Phi) is 3.75. The zero-order valence-electron chi connectivity index (χ0n) is 11.0. The summed E-state index contributed by atoms with van der Waals surface area (Å²) in [5, 5.41) is 6.80. The largest absolute Gasteiger partial charge is 0.497 e. The number of anilines is 1. The first-order chi connectivity index (χ1) is 10.1. The van der Waals surface area contributed by atoms with Crippen molar-refractivity contribution in [3.05, 3.63) is 44.8 Å². The molecule has 2 aromatic rings. The molecule has 1 atom stereocenters. The molecule has 1 aromatic heterocycles. The number of aromatic amines is 2. The highest BCUT2D eigenvalue weighted by Gasteiger charge is 2.26. The van der Waals surface area contributed by atoms with Crippen molar-refractivity contribution >= 4 is 47.6 Å². The molecule has 0 saturated carbocycles. The van der Waals surface area contributed by atoms with Crippen molar-refractivity contribution in [2.75, 3.05) is 12.4 Å². The van der Waals surface area contributed by atoms with Gasteiger partial charge in [-0.1, -0.05) is 24.4 Å². The fourth-order valence-corrected chi connectivity index (χ4v) is 3.08. The van der Waals surface area contributed by atoms with Crippen molar-refractivity contribution < 1.29 is 4.74 Å². The van der Waals surface area contributed by atoms with Gasteiger partial charge in [0.1, 0.15) is 16.2 Å². The lowest BCUT2D eigenvalue weighted by Gasteiger charge is -2.29. The molecule has 4 N–H and O–H groups in total. The molecule has 2 heterocycles. The third kappa shape index (κ3) is 2.69. The minimum Gasteiger partial charge on any atom is -0.497 e. The van der Waals surface area contributed by atoms with Crippen LogP contribution in [-0.2, 0) is 0 Å². The molecule has 0 bridgehead atoms. The Morgan fingerprint density at radius 2 is 1.76 bits per heavy atom. The third-order valence-electron chi connectivity index (χ3n) is 3.23. The Balaban J connectivity index is 2.14. The van der Waals surface area contributed by atoms with Crippen molar-refractivity contribution in [3.8, 4) is 5.75 Å². The van der Waals surface area contributed by atoms with Crippen LogP contribution in [0.1, 0.15) is 17.2 Å². The summed E-state index contributed by atoms with van der Waals surface area (Å²) in [6, 6.07) is 7.62. The van der Waals surface area contributed by atoms with E-state index >= 15 is 0 Å². The molecule has 8 heteroatoms. The van der Waals surface area contributed by atoms with Gasteiger partial charge in [0.25, 0.3) is 0 Å². The van der Waals surface area contributed by atoms with Gasteiger partial charge in [0.15, 0.2) is 9.88 Å². The SMILES string of the molecule is COc1ccc(C2NC(=S)Nc3[nH]c(=S)[nH]c(=S)c32)cc1. The van der Waals surface area contributed by atoms with Gasteiger partial charge >= 0.3 is 0 Å². The molecule has 1 unspecified atom stereocenters. The fraction of sp³-hybridized carbons (Fsp3) is 0.154. The summed E-state index contributed by atoms with van der Waals surface area (Å²) in [5.41, 5.74) is 1.92. The molecular formula is C13H12N4OS3. The van der Waals surface area contributed by atoms with Crippen molar-refractivity contribution in [2.24, 2.45) is 0 Å². The minimum atomic E-state index is -0.143. The Hall–Kier alpha value is -1.77. The average Bonchev–Trinajstić information content (AvgIpc) is 2.45. The first kappa shape index (κ1) is 14.2. The summed E-state index contributed by atoms with van der Waals surface area (Å²) in [4.78, 5) is 6.01. The molecule has 0 radical (unpaired) electrons. The number of rotatable bonds is 2. The number of methoxy groups -OCH3 is 1. The number of benzene rings is 1. The summed E-state index contributed by atoms with van der Waals surface area (Å²) in [7, 11) is 1.64. The van der Waals surface area contributed by atoms with E-state index in [2.05, 4.69) is 20.6 Å². The van der Waals surface area contributed by atoms with Gasteiger partial charge in [-0.2, -0.15) is 0 Å². The number of H-pyrrole nitrogens is 2. The van der Waals surface area contributed by atoms with Crippen molar-refractivity contribution in [1.29, 1.82) is 0 Å². The quantitative estimate of drug-likeness (QED) is 0.632. The molecule has 1 aliphatic heterocycles. The summed E-state index contributed by atoms with van der Waals surface area (Å²) < 4.78 is 6.22. The second-order valence-electron chi connectivity index (χ2n) is 4.50. The molecule has 0 saturated heterocycles. The monoisotopic (exact) mass is 336 g/mol. The van der Waals surface area contributed by atoms with Crippen LogP contribution < -0.4 is 15.4 Å². The van der Waals surface area contributed by atoms with Crippen LogP contribution in [0.15, 0.2) is 24.3 Å². The number of ether oxygens (including phenoxy) is 1. The van der Waals surface area contributed by atoms with Gasteiger partial charge in [-0.05, 0) is 42.1 Å². The third-order valence-corrected chi connectivity index (χ3v) is 3.98. The maximum atomic E-state index is 5.40. The smallest absolute Gasteiger partial charge is 0.177 e. The number of hydrogen-bond donors (Lipinski definition) is 4. The second-order valence-corrected chi connectivity index (χ2v) is 5.73.